The van der Waals surface area contributed by atoms with Crippen LogP contribution in [0.4, 0.5) is 4.39 Å². The maximum absolute atomic E-state index is 13.3. The van der Waals surface area contributed by atoms with Crippen LogP contribution >= 0.6 is 27.7 Å². The molecule has 1 aromatic carbocycles. The molecule has 8 heteroatoms. The van der Waals surface area contributed by atoms with Crippen LogP contribution in [0, 0.1) is 5.82 Å². The SMILES string of the molecule is O=C(CSc1ncn[nH]1)NCc1ccc(Br)c(F)c1. The van der Waals surface area contributed by atoms with Gasteiger partial charge in [-0.1, -0.05) is 17.8 Å². The van der Waals surface area contributed by atoms with Crippen LogP contribution in [0.2, 0.25) is 0 Å². The minimum absolute atomic E-state index is 0.148. The van der Waals surface area contributed by atoms with Crippen LogP contribution in [0.15, 0.2) is 34.2 Å². The Morgan fingerprint density at radius 2 is 2.37 bits per heavy atom. The van der Waals surface area contributed by atoms with Crippen LogP contribution < -0.4 is 5.32 Å². The highest BCUT2D eigenvalue weighted by Crippen LogP contribution is 2.16. The van der Waals surface area contributed by atoms with Gasteiger partial charge in [0.05, 0.1) is 10.2 Å². The highest BCUT2D eigenvalue weighted by atomic mass is 79.9. The molecule has 0 saturated carbocycles. The van der Waals surface area contributed by atoms with Crippen molar-refractivity contribution in [2.24, 2.45) is 0 Å². The number of aromatic amines is 1. The molecule has 0 spiro atoms. The quantitative estimate of drug-likeness (QED) is 0.815. The number of aromatic nitrogens is 3. The summed E-state index contributed by atoms with van der Waals surface area (Å²) in [6, 6.07) is 4.74. The topological polar surface area (TPSA) is 70.7 Å². The lowest BCUT2D eigenvalue weighted by atomic mass is 10.2. The molecule has 0 bridgehead atoms. The third-order valence-corrected chi connectivity index (χ3v) is 3.73. The highest BCUT2D eigenvalue weighted by molar-refractivity contribution is 9.10. The van der Waals surface area contributed by atoms with E-state index in [0.29, 0.717) is 21.7 Å². The van der Waals surface area contributed by atoms with E-state index in [1.165, 1.54) is 24.2 Å². The van der Waals surface area contributed by atoms with E-state index >= 15 is 0 Å². The minimum atomic E-state index is -0.345. The van der Waals surface area contributed by atoms with Gasteiger partial charge in [0, 0.05) is 6.54 Å². The van der Waals surface area contributed by atoms with E-state index in [2.05, 4.69) is 36.4 Å². The summed E-state index contributed by atoms with van der Waals surface area (Å²) in [5, 5.41) is 9.62. The predicted molar refractivity (Wildman–Crippen MR) is 73.1 cm³/mol. The molecule has 19 heavy (non-hydrogen) atoms. The zero-order valence-corrected chi connectivity index (χ0v) is 12.1. The number of hydrogen-bond acceptors (Lipinski definition) is 4. The van der Waals surface area contributed by atoms with Gasteiger partial charge in [0.15, 0.2) is 5.16 Å². The van der Waals surface area contributed by atoms with Crippen LogP contribution in [-0.4, -0.2) is 26.8 Å². The molecule has 0 aliphatic rings. The predicted octanol–water partition coefficient (Wildman–Crippen LogP) is 2.11. The minimum Gasteiger partial charge on any atom is -0.351 e. The normalized spacial score (nSPS) is 10.4. The zero-order chi connectivity index (χ0) is 13.7. The highest BCUT2D eigenvalue weighted by Gasteiger charge is 2.05. The third-order valence-electron chi connectivity index (χ3n) is 2.21. The van der Waals surface area contributed by atoms with Crippen molar-refractivity contribution >= 4 is 33.6 Å². The van der Waals surface area contributed by atoms with E-state index in [-0.39, 0.29) is 17.5 Å². The smallest absolute Gasteiger partial charge is 0.230 e. The van der Waals surface area contributed by atoms with Crippen molar-refractivity contribution in [2.75, 3.05) is 5.75 Å². The molecule has 1 amide bonds. The Bertz CT molecular complexity index is 564. The average Bonchev–Trinajstić information content (AvgIpc) is 2.91. The number of thioether (sulfide) groups is 1. The molecule has 2 rings (SSSR count). The first-order chi connectivity index (χ1) is 9.15. The molecule has 1 heterocycles. The Morgan fingerprint density at radius 3 is 3.05 bits per heavy atom. The van der Waals surface area contributed by atoms with Gasteiger partial charge in [-0.3, -0.25) is 9.89 Å². The van der Waals surface area contributed by atoms with E-state index in [4.69, 9.17) is 0 Å². The summed E-state index contributed by atoms with van der Waals surface area (Å²) in [7, 11) is 0. The number of nitrogens with one attached hydrogen (secondary N) is 2. The van der Waals surface area contributed by atoms with Gasteiger partial charge in [0.25, 0.3) is 0 Å². The number of carbonyl (C=O) groups is 1. The first-order valence-corrected chi connectivity index (χ1v) is 7.12. The number of amides is 1. The van der Waals surface area contributed by atoms with Gasteiger partial charge >= 0.3 is 0 Å². The lowest BCUT2D eigenvalue weighted by Gasteiger charge is -2.05. The zero-order valence-electron chi connectivity index (χ0n) is 9.69. The fraction of sp³-hybridized carbons (Fsp3) is 0.182. The molecule has 1 aromatic heterocycles. The Balaban J connectivity index is 1.78. The van der Waals surface area contributed by atoms with Gasteiger partial charge in [0.2, 0.25) is 5.91 Å². The van der Waals surface area contributed by atoms with Crippen LogP contribution in [-0.2, 0) is 11.3 Å². The molecule has 100 valence electrons. The first kappa shape index (κ1) is 14.0. The summed E-state index contributed by atoms with van der Waals surface area (Å²) in [5.74, 6) is -0.263. The van der Waals surface area contributed by atoms with Gasteiger partial charge in [-0.2, -0.15) is 5.10 Å². The van der Waals surface area contributed by atoms with Gasteiger partial charge in [-0.25, -0.2) is 9.37 Å². The van der Waals surface area contributed by atoms with Crippen molar-refractivity contribution in [3.05, 3.63) is 40.4 Å². The standard InChI is InChI=1S/C11H10BrFN4OS/c12-8-2-1-7(3-9(8)13)4-14-10(18)5-19-11-15-6-16-17-11/h1-3,6H,4-5H2,(H,14,18)(H,15,16,17). The van der Waals surface area contributed by atoms with Crippen molar-refractivity contribution < 1.29 is 9.18 Å². The fourth-order valence-electron chi connectivity index (χ4n) is 1.30. The van der Waals surface area contributed by atoms with Crippen molar-refractivity contribution in [3.8, 4) is 0 Å². The molecule has 2 aromatic rings. The molecule has 2 N–H and O–H groups in total. The van der Waals surface area contributed by atoms with Crippen molar-refractivity contribution in [1.82, 2.24) is 20.5 Å². The molecule has 0 aliphatic heterocycles. The van der Waals surface area contributed by atoms with Gasteiger partial charge in [-0.05, 0) is 33.6 Å². The Morgan fingerprint density at radius 1 is 1.53 bits per heavy atom. The number of rotatable bonds is 5. The van der Waals surface area contributed by atoms with Gasteiger partial charge < -0.3 is 5.32 Å². The van der Waals surface area contributed by atoms with E-state index in [9.17, 15) is 9.18 Å². The monoisotopic (exact) mass is 344 g/mol. The third kappa shape index (κ3) is 4.32. The second-order valence-corrected chi connectivity index (χ2v) is 5.42. The van der Waals surface area contributed by atoms with Crippen molar-refractivity contribution in [2.45, 2.75) is 11.7 Å². The largest absolute Gasteiger partial charge is 0.351 e. The Labute approximate surface area is 121 Å². The van der Waals surface area contributed by atoms with E-state index in [1.54, 1.807) is 12.1 Å². The van der Waals surface area contributed by atoms with Crippen LogP contribution in [0.5, 0.6) is 0 Å². The van der Waals surface area contributed by atoms with Crippen LogP contribution in [0.1, 0.15) is 5.56 Å². The summed E-state index contributed by atoms with van der Waals surface area (Å²) in [6.45, 7) is 0.292. The molecular weight excluding hydrogens is 335 g/mol. The summed E-state index contributed by atoms with van der Waals surface area (Å²) in [6.07, 6.45) is 1.38. The van der Waals surface area contributed by atoms with E-state index in [0.717, 1.165) is 0 Å². The summed E-state index contributed by atoms with van der Waals surface area (Å²) < 4.78 is 13.7. The molecule has 0 radical (unpaired) electrons. The van der Waals surface area contributed by atoms with Gasteiger partial charge in [0.1, 0.15) is 12.1 Å². The lowest BCUT2D eigenvalue weighted by molar-refractivity contribution is -0.118. The number of halogens is 2. The van der Waals surface area contributed by atoms with E-state index in [1.807, 2.05) is 0 Å². The molecule has 0 aliphatic carbocycles. The number of hydrogen-bond donors (Lipinski definition) is 2. The number of nitrogens with zero attached hydrogens (tertiary/aromatic N) is 2. The maximum atomic E-state index is 13.3. The second-order valence-electron chi connectivity index (χ2n) is 3.60. The number of H-pyrrole nitrogens is 1. The summed E-state index contributed by atoms with van der Waals surface area (Å²) in [5.41, 5.74) is 0.707. The fourth-order valence-corrected chi connectivity index (χ4v) is 2.15. The van der Waals surface area contributed by atoms with Crippen molar-refractivity contribution in [3.63, 3.8) is 0 Å². The lowest BCUT2D eigenvalue weighted by Crippen LogP contribution is -2.24. The molecule has 5 nitrogen and oxygen atoms in total. The molecule has 0 atom stereocenters. The molecular formula is C11H10BrFN4OS. The Kier molecular flexibility index (Phi) is 4.92. The first-order valence-electron chi connectivity index (χ1n) is 5.34. The summed E-state index contributed by atoms with van der Waals surface area (Å²) >= 11 is 4.33. The van der Waals surface area contributed by atoms with Gasteiger partial charge in [-0.15, -0.1) is 0 Å². The molecule has 0 saturated heterocycles. The van der Waals surface area contributed by atoms with E-state index < -0.39 is 0 Å². The second kappa shape index (κ2) is 6.67. The molecule has 0 fully saturated rings. The number of benzene rings is 1. The number of carbonyl (C=O) groups excluding carboxylic acids is 1. The molecule has 0 unspecified atom stereocenters. The maximum Gasteiger partial charge on any atom is 0.230 e. The average molecular weight is 345 g/mol. The Hall–Kier alpha value is -1.41. The van der Waals surface area contributed by atoms with Crippen LogP contribution in [0.3, 0.4) is 0 Å². The summed E-state index contributed by atoms with van der Waals surface area (Å²) in [4.78, 5) is 15.5. The van der Waals surface area contributed by atoms with Crippen molar-refractivity contribution in [1.29, 1.82) is 0 Å². The van der Waals surface area contributed by atoms with Crippen LogP contribution in [0.25, 0.3) is 0 Å².